The molecule has 4 unspecified atom stereocenters. The van der Waals surface area contributed by atoms with Crippen molar-refractivity contribution < 1.29 is 9.59 Å². The van der Waals surface area contributed by atoms with Crippen molar-refractivity contribution in [3.05, 3.63) is 0 Å². The van der Waals surface area contributed by atoms with Gasteiger partial charge in [-0.1, -0.05) is 6.92 Å². The standard InChI is InChI=1S/C14H24N4O2/c1-9-2-3-10(6-12(9)15)13(19)17-4-5-18-11(8-17)7-16-14(18)20/h9-12H,2-8,15H2,1H3,(H,16,20). The number of nitrogens with two attached hydrogens (primary N) is 1. The Hall–Kier alpha value is -1.30. The normalized spacial score (nSPS) is 37.6. The molecule has 2 aliphatic heterocycles. The average molecular weight is 280 g/mol. The molecule has 3 amide bonds. The van der Waals surface area contributed by atoms with Crippen molar-refractivity contribution in [3.63, 3.8) is 0 Å². The largest absolute Gasteiger partial charge is 0.339 e. The summed E-state index contributed by atoms with van der Waals surface area (Å²) >= 11 is 0. The number of hydrogen-bond donors (Lipinski definition) is 2. The van der Waals surface area contributed by atoms with Gasteiger partial charge < -0.3 is 20.9 Å². The summed E-state index contributed by atoms with van der Waals surface area (Å²) in [5, 5.41) is 2.84. The number of urea groups is 1. The zero-order valence-corrected chi connectivity index (χ0v) is 12.0. The molecule has 2 saturated heterocycles. The van der Waals surface area contributed by atoms with Crippen molar-refractivity contribution in [2.24, 2.45) is 17.6 Å². The van der Waals surface area contributed by atoms with Crippen molar-refractivity contribution in [1.82, 2.24) is 15.1 Å². The van der Waals surface area contributed by atoms with Gasteiger partial charge in [0.1, 0.15) is 0 Å². The van der Waals surface area contributed by atoms with Crippen molar-refractivity contribution in [1.29, 1.82) is 0 Å². The van der Waals surface area contributed by atoms with Crippen LogP contribution in [0.4, 0.5) is 4.79 Å². The summed E-state index contributed by atoms with van der Waals surface area (Å²) < 4.78 is 0. The minimum atomic E-state index is 0.00983. The number of carbonyl (C=O) groups excluding carboxylic acids is 2. The quantitative estimate of drug-likeness (QED) is 0.709. The van der Waals surface area contributed by atoms with E-state index < -0.39 is 0 Å². The van der Waals surface area contributed by atoms with Gasteiger partial charge in [-0.25, -0.2) is 4.79 Å². The van der Waals surface area contributed by atoms with Crippen LogP contribution in [0.1, 0.15) is 26.2 Å². The maximum atomic E-state index is 12.6. The van der Waals surface area contributed by atoms with Crippen LogP contribution in [0.2, 0.25) is 0 Å². The number of fused-ring (bicyclic) bond motifs is 1. The Morgan fingerprint density at radius 1 is 1.35 bits per heavy atom. The number of piperazine rings is 1. The van der Waals surface area contributed by atoms with Crippen LogP contribution in [0.3, 0.4) is 0 Å². The Bertz CT molecular complexity index is 414. The van der Waals surface area contributed by atoms with Crippen LogP contribution in [0, 0.1) is 11.8 Å². The molecule has 0 radical (unpaired) electrons. The topological polar surface area (TPSA) is 78.7 Å². The van der Waals surface area contributed by atoms with Crippen molar-refractivity contribution in [2.45, 2.75) is 38.3 Å². The summed E-state index contributed by atoms with van der Waals surface area (Å²) in [4.78, 5) is 28.0. The number of hydrogen-bond acceptors (Lipinski definition) is 3. The Morgan fingerprint density at radius 2 is 2.15 bits per heavy atom. The molecule has 3 rings (SSSR count). The summed E-state index contributed by atoms with van der Waals surface area (Å²) in [6.07, 6.45) is 2.80. The molecule has 6 nitrogen and oxygen atoms in total. The molecule has 112 valence electrons. The molecule has 6 heteroatoms. The number of amides is 3. The molecule has 1 saturated carbocycles. The molecule has 2 heterocycles. The van der Waals surface area contributed by atoms with E-state index in [4.69, 9.17) is 5.73 Å². The average Bonchev–Trinajstić information content (AvgIpc) is 2.82. The van der Waals surface area contributed by atoms with Gasteiger partial charge in [0, 0.05) is 38.1 Å². The molecule has 0 bridgehead atoms. The summed E-state index contributed by atoms with van der Waals surface area (Å²) in [7, 11) is 0. The number of rotatable bonds is 1. The Kier molecular flexibility index (Phi) is 3.58. The molecule has 4 atom stereocenters. The van der Waals surface area contributed by atoms with Crippen LogP contribution in [-0.2, 0) is 4.79 Å². The molecular weight excluding hydrogens is 256 g/mol. The van der Waals surface area contributed by atoms with Crippen LogP contribution < -0.4 is 11.1 Å². The van der Waals surface area contributed by atoms with E-state index >= 15 is 0 Å². The van der Waals surface area contributed by atoms with E-state index in [1.165, 1.54) is 0 Å². The molecule has 20 heavy (non-hydrogen) atoms. The van der Waals surface area contributed by atoms with Crippen molar-refractivity contribution in [3.8, 4) is 0 Å². The fourth-order valence-corrected chi connectivity index (χ4v) is 3.64. The highest BCUT2D eigenvalue weighted by molar-refractivity contribution is 5.81. The van der Waals surface area contributed by atoms with Gasteiger partial charge in [0.15, 0.2) is 0 Å². The van der Waals surface area contributed by atoms with Gasteiger partial charge in [-0.3, -0.25) is 4.79 Å². The second-order valence-electron chi connectivity index (χ2n) is 6.47. The van der Waals surface area contributed by atoms with Gasteiger partial charge in [0.25, 0.3) is 0 Å². The zero-order valence-electron chi connectivity index (χ0n) is 12.0. The van der Waals surface area contributed by atoms with E-state index in [2.05, 4.69) is 12.2 Å². The first-order chi connectivity index (χ1) is 9.56. The zero-order chi connectivity index (χ0) is 14.3. The SMILES string of the molecule is CC1CCC(C(=O)N2CCN3C(=O)NCC3C2)CC1N. The van der Waals surface area contributed by atoms with E-state index in [-0.39, 0.29) is 29.9 Å². The third-order valence-corrected chi connectivity index (χ3v) is 5.15. The van der Waals surface area contributed by atoms with Gasteiger partial charge in [-0.2, -0.15) is 0 Å². The highest BCUT2D eigenvalue weighted by Gasteiger charge is 2.39. The first kappa shape index (κ1) is 13.7. The summed E-state index contributed by atoms with van der Waals surface area (Å²) in [6.45, 7) is 4.80. The second-order valence-corrected chi connectivity index (χ2v) is 6.47. The lowest BCUT2D eigenvalue weighted by Crippen LogP contribution is -2.55. The van der Waals surface area contributed by atoms with E-state index in [1.54, 1.807) is 0 Å². The minimum Gasteiger partial charge on any atom is -0.339 e. The van der Waals surface area contributed by atoms with Gasteiger partial charge in [-0.05, 0) is 25.2 Å². The predicted molar refractivity (Wildman–Crippen MR) is 75.0 cm³/mol. The molecule has 0 spiro atoms. The molecule has 1 aliphatic carbocycles. The van der Waals surface area contributed by atoms with Crippen molar-refractivity contribution >= 4 is 11.9 Å². The second kappa shape index (κ2) is 5.24. The van der Waals surface area contributed by atoms with Gasteiger partial charge in [0.05, 0.1) is 6.04 Å². The lowest BCUT2D eigenvalue weighted by atomic mass is 9.79. The summed E-state index contributed by atoms with van der Waals surface area (Å²) in [6, 6.07) is 0.306. The highest BCUT2D eigenvalue weighted by atomic mass is 16.2. The highest BCUT2D eigenvalue weighted by Crippen LogP contribution is 2.29. The first-order valence-electron chi connectivity index (χ1n) is 7.65. The Labute approximate surface area is 119 Å². The van der Waals surface area contributed by atoms with E-state index in [9.17, 15) is 9.59 Å². The lowest BCUT2D eigenvalue weighted by Gasteiger charge is -2.40. The summed E-state index contributed by atoms with van der Waals surface area (Å²) in [5.41, 5.74) is 6.11. The summed E-state index contributed by atoms with van der Waals surface area (Å²) in [5.74, 6) is 0.844. The van der Waals surface area contributed by atoms with Crippen molar-refractivity contribution in [2.75, 3.05) is 26.2 Å². The molecule has 3 fully saturated rings. The third-order valence-electron chi connectivity index (χ3n) is 5.15. The fourth-order valence-electron chi connectivity index (χ4n) is 3.64. The van der Waals surface area contributed by atoms with Crippen LogP contribution in [-0.4, -0.2) is 60.0 Å². The van der Waals surface area contributed by atoms with Crippen LogP contribution in [0.5, 0.6) is 0 Å². The fraction of sp³-hybridized carbons (Fsp3) is 0.857. The smallest absolute Gasteiger partial charge is 0.317 e. The van der Waals surface area contributed by atoms with Gasteiger partial charge in [0.2, 0.25) is 5.91 Å². The molecule has 3 aliphatic rings. The predicted octanol–water partition coefficient (Wildman–Crippen LogP) is -0.0141. The molecule has 0 aromatic rings. The van der Waals surface area contributed by atoms with Gasteiger partial charge in [-0.15, -0.1) is 0 Å². The monoisotopic (exact) mass is 280 g/mol. The minimum absolute atomic E-state index is 0.00983. The van der Waals surface area contributed by atoms with E-state index in [0.717, 1.165) is 19.3 Å². The third kappa shape index (κ3) is 2.37. The maximum absolute atomic E-state index is 12.6. The number of nitrogens with one attached hydrogen (secondary N) is 1. The molecule has 0 aromatic heterocycles. The Morgan fingerprint density at radius 3 is 2.90 bits per heavy atom. The van der Waals surface area contributed by atoms with Crippen LogP contribution in [0.15, 0.2) is 0 Å². The lowest BCUT2D eigenvalue weighted by molar-refractivity contribution is -0.139. The van der Waals surface area contributed by atoms with Crippen LogP contribution >= 0.6 is 0 Å². The number of nitrogens with zero attached hydrogens (tertiary/aromatic N) is 2. The molecule has 3 N–H and O–H groups in total. The molecule has 0 aromatic carbocycles. The first-order valence-corrected chi connectivity index (χ1v) is 7.65. The van der Waals surface area contributed by atoms with Gasteiger partial charge >= 0.3 is 6.03 Å². The van der Waals surface area contributed by atoms with E-state index in [1.807, 2.05) is 9.80 Å². The molecular formula is C14H24N4O2. The maximum Gasteiger partial charge on any atom is 0.317 e. The van der Waals surface area contributed by atoms with E-state index in [0.29, 0.717) is 32.1 Å². The Balaban J connectivity index is 1.60. The van der Waals surface area contributed by atoms with Crippen LogP contribution in [0.25, 0.3) is 0 Å². The number of carbonyl (C=O) groups is 2.